The zero-order chi connectivity index (χ0) is 9.56. The predicted molar refractivity (Wildman–Crippen MR) is 32.5 cm³/mol. The summed E-state index contributed by atoms with van der Waals surface area (Å²) in [4.78, 5) is 30.8. The lowest BCUT2D eigenvalue weighted by atomic mass is 10.4. The summed E-state index contributed by atoms with van der Waals surface area (Å²) in [6, 6.07) is 0. The van der Waals surface area contributed by atoms with Gasteiger partial charge in [0.15, 0.2) is 0 Å². The van der Waals surface area contributed by atoms with Gasteiger partial charge in [0, 0.05) is 13.1 Å². The molecule has 0 N–H and O–H groups in total. The van der Waals surface area contributed by atoms with Gasteiger partial charge in [0.25, 0.3) is 0 Å². The Labute approximate surface area is 68.4 Å². The minimum Gasteiger partial charge on any atom is -0.549 e. The second-order valence-corrected chi connectivity index (χ2v) is 2.08. The average Bonchev–Trinajstić information content (AvgIpc) is 1.84. The van der Waals surface area contributed by atoms with Crippen LogP contribution in [0.15, 0.2) is 0 Å². The highest BCUT2D eigenvalue weighted by Crippen LogP contribution is 1.82. The molecule has 6 heteroatoms. The predicted octanol–water partition coefficient (Wildman–Crippen LogP) is -4.01. The summed E-state index contributed by atoms with van der Waals surface area (Å²) < 4.78 is 0. The average molecular weight is 173 g/mol. The zero-order valence-corrected chi connectivity index (χ0v) is 6.19. The number of rotatable bonds is 6. The summed E-state index contributed by atoms with van der Waals surface area (Å²) in [5, 5.41) is 20.0. The third kappa shape index (κ3) is 5.36. The third-order valence-corrected chi connectivity index (χ3v) is 1.04. The molecule has 0 radical (unpaired) electrons. The van der Waals surface area contributed by atoms with E-state index < -0.39 is 25.0 Å². The molecule has 0 heterocycles. The van der Waals surface area contributed by atoms with Crippen LogP contribution in [0, 0.1) is 0 Å². The van der Waals surface area contributed by atoms with E-state index in [0.717, 1.165) is 4.90 Å². The molecule has 0 aromatic rings. The second kappa shape index (κ2) is 5.25. The van der Waals surface area contributed by atoms with Crippen molar-refractivity contribution in [1.29, 1.82) is 0 Å². The molecule has 0 aliphatic rings. The monoisotopic (exact) mass is 173 g/mol. The summed E-state index contributed by atoms with van der Waals surface area (Å²) in [6.45, 7) is -1.44. The molecule has 0 amide bonds. The van der Waals surface area contributed by atoms with E-state index in [9.17, 15) is 24.6 Å². The highest BCUT2D eigenvalue weighted by atomic mass is 16.4. The standard InChI is InChI=1S/C6H9NO5/c8-2-1-7(3-5(9)10)4-6(11)12/h2H,1,3-4H2,(H,9,10)(H,11,12)/p-2. The van der Waals surface area contributed by atoms with E-state index in [1.807, 2.05) is 0 Å². The molecule has 0 aliphatic heterocycles. The molecule has 0 spiro atoms. The van der Waals surface area contributed by atoms with Gasteiger partial charge in [0.05, 0.1) is 18.5 Å². The van der Waals surface area contributed by atoms with Crippen LogP contribution >= 0.6 is 0 Å². The summed E-state index contributed by atoms with van der Waals surface area (Å²) in [5.74, 6) is -2.86. The van der Waals surface area contributed by atoms with Crippen LogP contribution in [-0.2, 0) is 14.4 Å². The molecule has 0 bridgehead atoms. The summed E-state index contributed by atoms with van der Waals surface area (Å²) in [7, 11) is 0. The van der Waals surface area contributed by atoms with Crippen molar-refractivity contribution in [3.05, 3.63) is 0 Å². The maximum absolute atomic E-state index is 9.98. The number of hydrogen-bond acceptors (Lipinski definition) is 6. The van der Waals surface area contributed by atoms with Crippen molar-refractivity contribution >= 4 is 18.2 Å². The van der Waals surface area contributed by atoms with Crippen molar-refractivity contribution < 1.29 is 24.6 Å². The summed E-state index contributed by atoms with van der Waals surface area (Å²) in [5.41, 5.74) is 0. The molecule has 0 aromatic carbocycles. The first-order valence-corrected chi connectivity index (χ1v) is 3.12. The SMILES string of the molecule is O=CCN(CC(=O)[O-])CC(=O)[O-]. The van der Waals surface area contributed by atoms with Crippen LogP contribution in [0.1, 0.15) is 0 Å². The highest BCUT2D eigenvalue weighted by molar-refractivity contribution is 5.71. The van der Waals surface area contributed by atoms with Gasteiger partial charge in [-0.25, -0.2) is 0 Å². The van der Waals surface area contributed by atoms with Gasteiger partial charge >= 0.3 is 0 Å². The Balaban J connectivity index is 3.93. The van der Waals surface area contributed by atoms with E-state index in [-0.39, 0.29) is 6.54 Å². The molecule has 0 atom stereocenters. The van der Waals surface area contributed by atoms with Crippen LogP contribution in [0.2, 0.25) is 0 Å². The first kappa shape index (κ1) is 10.6. The fraction of sp³-hybridized carbons (Fsp3) is 0.500. The number of carbonyl (C=O) groups excluding carboxylic acids is 3. The Morgan fingerprint density at radius 1 is 1.17 bits per heavy atom. The molecular weight excluding hydrogens is 166 g/mol. The molecule has 0 aliphatic carbocycles. The quantitative estimate of drug-likeness (QED) is 0.379. The topological polar surface area (TPSA) is 101 Å². The van der Waals surface area contributed by atoms with Crippen LogP contribution in [0.5, 0.6) is 0 Å². The smallest absolute Gasteiger partial charge is 0.134 e. The van der Waals surface area contributed by atoms with E-state index in [2.05, 4.69) is 0 Å². The van der Waals surface area contributed by atoms with Gasteiger partial charge in [-0.05, 0) is 0 Å². The van der Waals surface area contributed by atoms with Crippen LogP contribution in [0.3, 0.4) is 0 Å². The Bertz CT molecular complexity index is 174. The number of aldehydes is 1. The van der Waals surface area contributed by atoms with E-state index in [0.29, 0.717) is 6.29 Å². The number of nitrogens with zero attached hydrogens (tertiary/aromatic N) is 1. The van der Waals surface area contributed by atoms with Crippen molar-refractivity contribution in [2.75, 3.05) is 19.6 Å². The molecule has 0 unspecified atom stereocenters. The van der Waals surface area contributed by atoms with Gasteiger partial charge < -0.3 is 24.6 Å². The lowest BCUT2D eigenvalue weighted by molar-refractivity contribution is -0.310. The van der Waals surface area contributed by atoms with Crippen LogP contribution in [0.4, 0.5) is 0 Å². The first-order chi connectivity index (χ1) is 5.56. The van der Waals surface area contributed by atoms with Gasteiger partial charge in [-0.15, -0.1) is 0 Å². The second-order valence-electron chi connectivity index (χ2n) is 2.08. The third-order valence-electron chi connectivity index (χ3n) is 1.04. The Morgan fingerprint density at radius 3 is 1.83 bits per heavy atom. The summed E-state index contributed by atoms with van der Waals surface area (Å²) >= 11 is 0. The van der Waals surface area contributed by atoms with Crippen molar-refractivity contribution in [2.24, 2.45) is 0 Å². The van der Waals surface area contributed by atoms with E-state index >= 15 is 0 Å². The lowest BCUT2D eigenvalue weighted by Crippen LogP contribution is -2.44. The van der Waals surface area contributed by atoms with Crippen molar-refractivity contribution in [3.63, 3.8) is 0 Å². The maximum Gasteiger partial charge on any atom is 0.134 e. The van der Waals surface area contributed by atoms with Crippen molar-refractivity contribution in [3.8, 4) is 0 Å². The number of aliphatic carboxylic acids is 2. The van der Waals surface area contributed by atoms with E-state index in [1.165, 1.54) is 0 Å². The summed E-state index contributed by atoms with van der Waals surface area (Å²) in [6.07, 6.45) is 0.409. The zero-order valence-electron chi connectivity index (χ0n) is 6.19. The van der Waals surface area contributed by atoms with E-state index in [1.54, 1.807) is 0 Å². The number of carboxylic acids is 2. The number of carbonyl (C=O) groups is 3. The van der Waals surface area contributed by atoms with Gasteiger partial charge in [-0.2, -0.15) is 0 Å². The maximum atomic E-state index is 9.98. The van der Waals surface area contributed by atoms with Crippen molar-refractivity contribution in [1.82, 2.24) is 4.90 Å². The van der Waals surface area contributed by atoms with Gasteiger partial charge in [-0.1, -0.05) is 0 Å². The molecule has 68 valence electrons. The van der Waals surface area contributed by atoms with Crippen LogP contribution in [-0.4, -0.2) is 42.8 Å². The van der Waals surface area contributed by atoms with Gasteiger partial charge in [-0.3, -0.25) is 4.90 Å². The minimum atomic E-state index is -1.43. The molecule has 12 heavy (non-hydrogen) atoms. The minimum absolute atomic E-state index is 0.262. The van der Waals surface area contributed by atoms with Crippen molar-refractivity contribution in [2.45, 2.75) is 0 Å². The largest absolute Gasteiger partial charge is 0.549 e. The highest BCUT2D eigenvalue weighted by Gasteiger charge is 2.03. The number of carboxylic acid groups (broad SMARTS) is 2. The molecule has 0 rings (SSSR count). The normalized spacial score (nSPS) is 9.75. The first-order valence-electron chi connectivity index (χ1n) is 3.12. The molecule has 6 nitrogen and oxygen atoms in total. The van der Waals surface area contributed by atoms with Crippen LogP contribution < -0.4 is 10.2 Å². The fourth-order valence-corrected chi connectivity index (χ4v) is 0.656. The molecule has 0 aromatic heterocycles. The Hall–Kier alpha value is -1.43. The lowest BCUT2D eigenvalue weighted by Gasteiger charge is -2.19. The Morgan fingerprint density at radius 2 is 1.58 bits per heavy atom. The van der Waals surface area contributed by atoms with Crippen LogP contribution in [0.25, 0.3) is 0 Å². The Kier molecular flexibility index (Phi) is 4.62. The molecule has 0 saturated heterocycles. The fourth-order valence-electron chi connectivity index (χ4n) is 0.656. The van der Waals surface area contributed by atoms with Gasteiger partial charge in [0.1, 0.15) is 6.29 Å². The molecular formula is C6H7NO5-2. The van der Waals surface area contributed by atoms with Gasteiger partial charge in [0.2, 0.25) is 0 Å². The molecule has 0 saturated carbocycles. The number of hydrogen-bond donors (Lipinski definition) is 0. The molecule has 0 fully saturated rings. The van der Waals surface area contributed by atoms with E-state index in [4.69, 9.17) is 0 Å².